The number of thiophene rings is 1. The van der Waals surface area contributed by atoms with Crippen molar-refractivity contribution in [2.45, 2.75) is 0 Å². The molecular weight excluding hydrogens is 527 g/mol. The Morgan fingerprint density at radius 3 is 1.90 bits per heavy atom. The number of hydrogen-bond acceptors (Lipinski definition) is 2. The highest BCUT2D eigenvalue weighted by Gasteiger charge is 2.19. The summed E-state index contributed by atoms with van der Waals surface area (Å²) >= 11 is 1.88. The van der Waals surface area contributed by atoms with Gasteiger partial charge in [0, 0.05) is 31.5 Å². The number of benzene rings is 8. The minimum absolute atomic E-state index is 1.15. The predicted molar refractivity (Wildman–Crippen MR) is 184 cm³/mol. The number of anilines is 3. The third-order valence-electron chi connectivity index (χ3n) is 8.56. The number of fused-ring (bicyclic) bond motifs is 9. The van der Waals surface area contributed by atoms with Crippen molar-refractivity contribution < 1.29 is 0 Å². The van der Waals surface area contributed by atoms with Crippen molar-refractivity contribution in [3.63, 3.8) is 0 Å². The summed E-state index contributed by atoms with van der Waals surface area (Å²) < 4.78 is 2.62. The molecule has 0 bridgehead atoms. The van der Waals surface area contributed by atoms with Crippen LogP contribution in [0.5, 0.6) is 0 Å². The zero-order valence-corrected chi connectivity index (χ0v) is 23.6. The Morgan fingerprint density at radius 2 is 1.05 bits per heavy atom. The van der Waals surface area contributed by atoms with E-state index >= 15 is 0 Å². The lowest BCUT2D eigenvalue weighted by atomic mass is 9.96. The van der Waals surface area contributed by atoms with Crippen LogP contribution in [0.2, 0.25) is 0 Å². The summed E-state index contributed by atoms with van der Waals surface area (Å²) in [6, 6.07) is 55.5. The number of para-hydroxylation sites is 1. The third kappa shape index (κ3) is 3.56. The smallest absolute Gasteiger partial charge is 0.0554 e. The summed E-state index contributed by atoms with van der Waals surface area (Å²) in [7, 11) is 0. The Hall–Kier alpha value is -5.18. The van der Waals surface area contributed by atoms with E-state index in [0.717, 1.165) is 11.4 Å². The highest BCUT2D eigenvalue weighted by Crippen LogP contribution is 2.46. The Bertz CT molecular complexity index is 2470. The van der Waals surface area contributed by atoms with Crippen molar-refractivity contribution >= 4 is 91.7 Å². The zero-order chi connectivity index (χ0) is 27.6. The molecule has 42 heavy (non-hydrogen) atoms. The average molecular weight is 552 g/mol. The normalized spacial score (nSPS) is 11.8. The molecule has 0 saturated carbocycles. The first kappa shape index (κ1) is 23.5. The lowest BCUT2D eigenvalue weighted by Gasteiger charge is -2.27. The van der Waals surface area contributed by atoms with Gasteiger partial charge in [-0.25, -0.2) is 0 Å². The minimum atomic E-state index is 1.15. The van der Waals surface area contributed by atoms with Crippen LogP contribution in [0.3, 0.4) is 0 Å². The SMILES string of the molecule is c1ccc(N(c2ccc3c(ccc4ccc5ccccc5c43)c2)c2cccc3sc4cc5ccccc5cc4c23)cc1. The van der Waals surface area contributed by atoms with E-state index < -0.39 is 0 Å². The van der Waals surface area contributed by atoms with Crippen LogP contribution in [0.25, 0.3) is 63.3 Å². The molecule has 8 aromatic carbocycles. The lowest BCUT2D eigenvalue weighted by molar-refractivity contribution is 1.31. The van der Waals surface area contributed by atoms with Gasteiger partial charge in [0.05, 0.1) is 5.69 Å². The van der Waals surface area contributed by atoms with Crippen LogP contribution in [0.1, 0.15) is 0 Å². The first-order valence-corrected chi connectivity index (χ1v) is 15.2. The summed E-state index contributed by atoms with van der Waals surface area (Å²) in [5, 5.41) is 12.9. The zero-order valence-electron chi connectivity index (χ0n) is 22.8. The fourth-order valence-electron chi connectivity index (χ4n) is 6.65. The molecule has 0 radical (unpaired) electrons. The van der Waals surface area contributed by atoms with Crippen LogP contribution in [0.4, 0.5) is 17.1 Å². The molecule has 2 heteroatoms. The highest BCUT2D eigenvalue weighted by atomic mass is 32.1. The number of hydrogen-bond donors (Lipinski definition) is 0. The molecule has 0 saturated heterocycles. The molecule has 0 atom stereocenters. The van der Waals surface area contributed by atoms with Crippen molar-refractivity contribution in [2.24, 2.45) is 0 Å². The maximum atomic E-state index is 2.43. The standard InChI is InChI=1S/C40H25NS/c1-2-12-31(13-3-1)41(36-15-8-16-37-40(36)35-24-28-10-4-5-11-29(28)25-38(35)42-37)32-21-22-34-30(23-32)20-19-27-18-17-26-9-6-7-14-33(26)39(27)34/h1-25H. The molecule has 1 aromatic heterocycles. The molecular formula is C40H25NS. The predicted octanol–water partition coefficient (Wildman–Crippen LogP) is 12.1. The quantitative estimate of drug-likeness (QED) is 0.197. The molecule has 0 N–H and O–H groups in total. The second-order valence-electron chi connectivity index (χ2n) is 11.0. The van der Waals surface area contributed by atoms with Crippen molar-refractivity contribution in [1.29, 1.82) is 0 Å². The van der Waals surface area contributed by atoms with Gasteiger partial charge < -0.3 is 4.90 Å². The van der Waals surface area contributed by atoms with Crippen molar-refractivity contribution in [3.05, 3.63) is 152 Å². The molecule has 0 unspecified atom stereocenters. The summed E-state index contributed by atoms with van der Waals surface area (Å²) in [6.45, 7) is 0. The third-order valence-corrected chi connectivity index (χ3v) is 9.68. The molecule has 9 rings (SSSR count). The van der Waals surface area contributed by atoms with Crippen LogP contribution >= 0.6 is 11.3 Å². The minimum Gasteiger partial charge on any atom is -0.310 e. The van der Waals surface area contributed by atoms with Crippen LogP contribution in [-0.4, -0.2) is 0 Å². The van der Waals surface area contributed by atoms with Crippen molar-refractivity contribution in [3.8, 4) is 0 Å². The van der Waals surface area contributed by atoms with Crippen molar-refractivity contribution in [2.75, 3.05) is 4.90 Å². The Morgan fingerprint density at radius 1 is 0.357 bits per heavy atom. The van der Waals surface area contributed by atoms with Gasteiger partial charge in [-0.05, 0) is 91.6 Å². The number of nitrogens with zero attached hydrogens (tertiary/aromatic N) is 1. The van der Waals surface area contributed by atoms with E-state index in [1.807, 2.05) is 11.3 Å². The van der Waals surface area contributed by atoms with Gasteiger partial charge in [0.1, 0.15) is 0 Å². The van der Waals surface area contributed by atoms with E-state index in [0.29, 0.717) is 0 Å². The Kier molecular flexibility index (Phi) is 5.13. The van der Waals surface area contributed by atoms with Gasteiger partial charge in [-0.15, -0.1) is 11.3 Å². The van der Waals surface area contributed by atoms with Crippen LogP contribution < -0.4 is 4.90 Å². The van der Waals surface area contributed by atoms with Gasteiger partial charge in [0.2, 0.25) is 0 Å². The number of rotatable bonds is 3. The first-order valence-electron chi connectivity index (χ1n) is 14.4. The second kappa shape index (κ2) is 9.17. The van der Waals surface area contributed by atoms with Crippen LogP contribution in [-0.2, 0) is 0 Å². The highest BCUT2D eigenvalue weighted by molar-refractivity contribution is 7.26. The molecule has 9 aromatic rings. The molecule has 196 valence electrons. The van der Waals surface area contributed by atoms with Gasteiger partial charge >= 0.3 is 0 Å². The largest absolute Gasteiger partial charge is 0.310 e. The molecule has 0 amide bonds. The molecule has 0 fully saturated rings. The van der Waals surface area contributed by atoms with Gasteiger partial charge in [0.15, 0.2) is 0 Å². The average Bonchev–Trinajstić information content (AvgIpc) is 3.42. The van der Waals surface area contributed by atoms with Gasteiger partial charge in [-0.2, -0.15) is 0 Å². The monoisotopic (exact) mass is 551 g/mol. The lowest BCUT2D eigenvalue weighted by Crippen LogP contribution is -2.10. The first-order chi connectivity index (χ1) is 20.8. The van der Waals surface area contributed by atoms with E-state index in [1.54, 1.807) is 0 Å². The van der Waals surface area contributed by atoms with E-state index in [-0.39, 0.29) is 0 Å². The van der Waals surface area contributed by atoms with Gasteiger partial charge in [-0.3, -0.25) is 0 Å². The van der Waals surface area contributed by atoms with Crippen LogP contribution in [0.15, 0.2) is 152 Å². The van der Waals surface area contributed by atoms with Gasteiger partial charge in [-0.1, -0.05) is 103 Å². The maximum Gasteiger partial charge on any atom is 0.0554 e. The van der Waals surface area contributed by atoms with E-state index in [1.165, 1.54) is 68.9 Å². The fraction of sp³-hybridized carbons (Fsp3) is 0. The molecule has 1 heterocycles. The molecule has 0 spiro atoms. The van der Waals surface area contributed by atoms with E-state index in [9.17, 15) is 0 Å². The van der Waals surface area contributed by atoms with Crippen molar-refractivity contribution in [1.82, 2.24) is 0 Å². The summed E-state index contributed by atoms with van der Waals surface area (Å²) in [6.07, 6.45) is 0. The maximum absolute atomic E-state index is 2.43. The Balaban J connectivity index is 1.33. The summed E-state index contributed by atoms with van der Waals surface area (Å²) in [4.78, 5) is 2.43. The molecule has 1 nitrogen and oxygen atoms in total. The summed E-state index contributed by atoms with van der Waals surface area (Å²) in [5.74, 6) is 0. The fourth-order valence-corrected chi connectivity index (χ4v) is 7.80. The van der Waals surface area contributed by atoms with Gasteiger partial charge in [0.25, 0.3) is 0 Å². The molecule has 0 aliphatic carbocycles. The topological polar surface area (TPSA) is 3.24 Å². The summed E-state index contributed by atoms with van der Waals surface area (Å²) in [5.41, 5.74) is 3.50. The van der Waals surface area contributed by atoms with Crippen LogP contribution in [0, 0.1) is 0 Å². The molecule has 0 aliphatic heterocycles. The molecule has 0 aliphatic rings. The Labute approximate surface area is 247 Å². The van der Waals surface area contributed by atoms with E-state index in [4.69, 9.17) is 0 Å². The second-order valence-corrected chi connectivity index (χ2v) is 12.1. The van der Waals surface area contributed by atoms with E-state index in [2.05, 4.69) is 157 Å².